The van der Waals surface area contributed by atoms with Crippen molar-refractivity contribution in [2.45, 2.75) is 32.3 Å². The second-order valence-corrected chi connectivity index (χ2v) is 5.29. The zero-order valence-electron chi connectivity index (χ0n) is 12.2. The number of carbonyl (C=O) groups excluding carboxylic acids is 1. The summed E-state index contributed by atoms with van der Waals surface area (Å²) >= 11 is 0. The average molecular weight is 276 g/mol. The van der Waals surface area contributed by atoms with Gasteiger partial charge in [-0.1, -0.05) is 24.3 Å². The van der Waals surface area contributed by atoms with Crippen LogP contribution in [-0.2, 0) is 16.0 Å². The number of nitrogens with one attached hydrogen (secondary N) is 2. The first-order chi connectivity index (χ1) is 9.75. The average Bonchev–Trinajstić information content (AvgIpc) is 2.94. The molecule has 0 spiro atoms. The molecule has 1 aliphatic heterocycles. The molecule has 110 valence electrons. The molecule has 1 heterocycles. The Kier molecular flexibility index (Phi) is 6.02. The second-order valence-electron chi connectivity index (χ2n) is 5.29. The van der Waals surface area contributed by atoms with E-state index in [0.29, 0.717) is 13.1 Å². The van der Waals surface area contributed by atoms with Crippen molar-refractivity contribution in [3.8, 4) is 0 Å². The Hall–Kier alpha value is -1.39. The third-order valence-corrected chi connectivity index (χ3v) is 3.66. The fourth-order valence-corrected chi connectivity index (χ4v) is 2.44. The van der Waals surface area contributed by atoms with Crippen LogP contribution in [0.15, 0.2) is 24.3 Å². The van der Waals surface area contributed by atoms with Gasteiger partial charge >= 0.3 is 0 Å². The highest BCUT2D eigenvalue weighted by atomic mass is 16.5. The predicted octanol–water partition coefficient (Wildman–Crippen LogP) is 1.42. The van der Waals surface area contributed by atoms with E-state index in [1.165, 1.54) is 11.1 Å². The molecule has 0 saturated carbocycles. The summed E-state index contributed by atoms with van der Waals surface area (Å²) in [5.74, 6) is 0.0524. The molecule has 0 aromatic heterocycles. The molecule has 2 rings (SSSR count). The summed E-state index contributed by atoms with van der Waals surface area (Å²) in [5.41, 5.74) is 2.57. The number of hydrogen-bond acceptors (Lipinski definition) is 3. The number of rotatable bonds is 7. The number of carbonyl (C=O) groups is 1. The zero-order chi connectivity index (χ0) is 14.2. The summed E-state index contributed by atoms with van der Waals surface area (Å²) in [4.78, 5) is 11.7. The van der Waals surface area contributed by atoms with E-state index in [1.54, 1.807) is 0 Å². The maximum atomic E-state index is 11.7. The van der Waals surface area contributed by atoms with Crippen LogP contribution in [0.4, 0.5) is 0 Å². The van der Waals surface area contributed by atoms with Crippen LogP contribution in [0.5, 0.6) is 0 Å². The molecule has 1 aliphatic rings. The molecule has 0 bridgehead atoms. The van der Waals surface area contributed by atoms with Gasteiger partial charge in [0, 0.05) is 19.7 Å². The molecular weight excluding hydrogens is 252 g/mol. The lowest BCUT2D eigenvalue weighted by Gasteiger charge is -2.11. The molecular formula is C16H24N2O2. The molecule has 0 aliphatic carbocycles. The van der Waals surface area contributed by atoms with Crippen molar-refractivity contribution in [2.75, 3.05) is 26.2 Å². The van der Waals surface area contributed by atoms with E-state index in [4.69, 9.17) is 4.74 Å². The number of benzene rings is 1. The zero-order valence-corrected chi connectivity index (χ0v) is 12.2. The van der Waals surface area contributed by atoms with Gasteiger partial charge in [-0.2, -0.15) is 0 Å². The van der Waals surface area contributed by atoms with Crippen molar-refractivity contribution in [3.05, 3.63) is 35.4 Å². The van der Waals surface area contributed by atoms with Crippen molar-refractivity contribution in [1.29, 1.82) is 0 Å². The number of amides is 1. The van der Waals surface area contributed by atoms with Gasteiger partial charge in [0.1, 0.15) is 0 Å². The van der Waals surface area contributed by atoms with E-state index in [-0.39, 0.29) is 12.0 Å². The first-order valence-electron chi connectivity index (χ1n) is 7.39. The molecule has 1 fully saturated rings. The van der Waals surface area contributed by atoms with Gasteiger partial charge in [-0.25, -0.2) is 0 Å². The van der Waals surface area contributed by atoms with Crippen LogP contribution >= 0.6 is 0 Å². The molecule has 2 N–H and O–H groups in total. The van der Waals surface area contributed by atoms with Gasteiger partial charge < -0.3 is 15.4 Å². The highest BCUT2D eigenvalue weighted by molar-refractivity contribution is 5.77. The molecule has 4 heteroatoms. The summed E-state index contributed by atoms with van der Waals surface area (Å²) in [6.45, 7) is 4.78. The van der Waals surface area contributed by atoms with Crippen molar-refractivity contribution in [3.63, 3.8) is 0 Å². The number of aryl methyl sites for hydroxylation is 1. The maximum Gasteiger partial charge on any atom is 0.233 e. The van der Waals surface area contributed by atoms with Crippen LogP contribution in [0.1, 0.15) is 24.0 Å². The molecule has 1 aromatic carbocycles. The molecule has 4 nitrogen and oxygen atoms in total. The lowest BCUT2D eigenvalue weighted by molar-refractivity contribution is -0.120. The first kappa shape index (κ1) is 15.0. The van der Waals surface area contributed by atoms with E-state index in [2.05, 4.69) is 29.7 Å². The highest BCUT2D eigenvalue weighted by Crippen LogP contribution is 2.10. The van der Waals surface area contributed by atoms with E-state index in [1.807, 2.05) is 12.1 Å². The maximum absolute atomic E-state index is 11.7. The van der Waals surface area contributed by atoms with Gasteiger partial charge in [0.05, 0.1) is 12.6 Å². The van der Waals surface area contributed by atoms with Gasteiger partial charge in [0.25, 0.3) is 0 Å². The molecule has 1 atom stereocenters. The minimum atomic E-state index is 0.0524. The Balaban J connectivity index is 1.57. The lowest BCUT2D eigenvalue weighted by Crippen LogP contribution is -2.37. The standard InChI is InChI=1S/C16H24N2O2/c1-13-5-2-3-6-14(13)8-9-18-16(19)12-17-11-15-7-4-10-20-15/h2-3,5-6,15,17H,4,7-12H2,1H3,(H,18,19). The fraction of sp³-hybridized carbons (Fsp3) is 0.562. The van der Waals surface area contributed by atoms with E-state index >= 15 is 0 Å². The predicted molar refractivity (Wildman–Crippen MR) is 79.7 cm³/mol. The van der Waals surface area contributed by atoms with Crippen LogP contribution in [0.2, 0.25) is 0 Å². The molecule has 0 radical (unpaired) electrons. The normalized spacial score (nSPS) is 18.1. The van der Waals surface area contributed by atoms with Gasteiger partial charge in [-0.05, 0) is 37.3 Å². The van der Waals surface area contributed by atoms with Gasteiger partial charge in [-0.3, -0.25) is 4.79 Å². The van der Waals surface area contributed by atoms with Crippen molar-refractivity contribution in [1.82, 2.24) is 10.6 Å². The minimum Gasteiger partial charge on any atom is -0.377 e. The van der Waals surface area contributed by atoms with Crippen LogP contribution in [0, 0.1) is 6.92 Å². The Morgan fingerprint density at radius 1 is 1.40 bits per heavy atom. The third kappa shape index (κ3) is 4.94. The summed E-state index contributed by atoms with van der Waals surface area (Å²) in [5, 5.41) is 6.09. The van der Waals surface area contributed by atoms with Crippen molar-refractivity contribution >= 4 is 5.91 Å². The lowest BCUT2D eigenvalue weighted by atomic mass is 10.1. The smallest absolute Gasteiger partial charge is 0.233 e. The van der Waals surface area contributed by atoms with Crippen LogP contribution in [0.25, 0.3) is 0 Å². The third-order valence-electron chi connectivity index (χ3n) is 3.66. The van der Waals surface area contributed by atoms with Crippen molar-refractivity contribution in [2.24, 2.45) is 0 Å². The van der Waals surface area contributed by atoms with Gasteiger partial charge in [-0.15, -0.1) is 0 Å². The SMILES string of the molecule is Cc1ccccc1CCNC(=O)CNCC1CCCO1. The summed E-state index contributed by atoms with van der Waals surface area (Å²) in [7, 11) is 0. The van der Waals surface area contributed by atoms with E-state index < -0.39 is 0 Å². The van der Waals surface area contributed by atoms with E-state index in [0.717, 1.165) is 32.4 Å². The fourth-order valence-electron chi connectivity index (χ4n) is 2.44. The van der Waals surface area contributed by atoms with Crippen LogP contribution in [-0.4, -0.2) is 38.3 Å². The Morgan fingerprint density at radius 3 is 3.00 bits per heavy atom. The first-order valence-corrected chi connectivity index (χ1v) is 7.39. The monoisotopic (exact) mass is 276 g/mol. The Labute approximate surface area is 120 Å². The van der Waals surface area contributed by atoms with E-state index in [9.17, 15) is 4.79 Å². The van der Waals surface area contributed by atoms with Crippen LogP contribution in [0.3, 0.4) is 0 Å². The minimum absolute atomic E-state index is 0.0524. The Morgan fingerprint density at radius 2 is 2.25 bits per heavy atom. The largest absolute Gasteiger partial charge is 0.377 e. The van der Waals surface area contributed by atoms with Crippen molar-refractivity contribution < 1.29 is 9.53 Å². The van der Waals surface area contributed by atoms with Gasteiger partial charge in [0.15, 0.2) is 0 Å². The summed E-state index contributed by atoms with van der Waals surface area (Å²) < 4.78 is 5.49. The second kappa shape index (κ2) is 8.02. The molecule has 1 amide bonds. The molecule has 1 saturated heterocycles. The Bertz CT molecular complexity index is 428. The molecule has 20 heavy (non-hydrogen) atoms. The number of ether oxygens (including phenoxy) is 1. The van der Waals surface area contributed by atoms with Gasteiger partial charge in [0.2, 0.25) is 5.91 Å². The van der Waals surface area contributed by atoms with Crippen LogP contribution < -0.4 is 10.6 Å². The quantitative estimate of drug-likeness (QED) is 0.792. The molecule has 1 aromatic rings. The summed E-state index contributed by atoms with van der Waals surface area (Å²) in [6, 6.07) is 8.28. The topological polar surface area (TPSA) is 50.4 Å². The summed E-state index contributed by atoms with van der Waals surface area (Å²) in [6.07, 6.45) is 3.40. The number of hydrogen-bond donors (Lipinski definition) is 2. The molecule has 1 unspecified atom stereocenters. The highest BCUT2D eigenvalue weighted by Gasteiger charge is 2.14.